The molecule has 0 atom stereocenters. The van der Waals surface area contributed by atoms with Gasteiger partial charge in [0.15, 0.2) is 0 Å². The minimum absolute atomic E-state index is 0.218. The van der Waals surface area contributed by atoms with E-state index in [1.165, 1.54) is 22.9 Å². The first-order valence-corrected chi connectivity index (χ1v) is 8.87. The van der Waals surface area contributed by atoms with Crippen molar-refractivity contribution in [2.75, 3.05) is 0 Å². The maximum atomic E-state index is 13.3. The molecular weight excluding hydrogens is 379 g/mol. The van der Waals surface area contributed by atoms with Gasteiger partial charge < -0.3 is 4.74 Å². The van der Waals surface area contributed by atoms with Crippen LogP contribution in [0.1, 0.15) is 10.4 Å². The summed E-state index contributed by atoms with van der Waals surface area (Å²) in [7, 11) is 0. The van der Waals surface area contributed by atoms with E-state index < -0.39 is 5.97 Å². The summed E-state index contributed by atoms with van der Waals surface area (Å²) in [6.45, 7) is 0. The fourth-order valence-electron chi connectivity index (χ4n) is 2.72. The highest BCUT2D eigenvalue weighted by atomic mass is 35.5. The molecule has 4 rings (SSSR count). The minimum Gasteiger partial charge on any atom is -0.404 e. The Hall–Kier alpha value is -3.44. The van der Waals surface area contributed by atoms with E-state index in [1.54, 1.807) is 36.4 Å². The van der Waals surface area contributed by atoms with Crippen LogP contribution in [0.3, 0.4) is 0 Å². The lowest BCUT2D eigenvalue weighted by molar-refractivity contribution is 0.0723. The first kappa shape index (κ1) is 17.9. The molecule has 0 radical (unpaired) electrons. The Balaban J connectivity index is 1.75. The standard InChI is InChI=1S/C22H14ClFN2O2/c23-17-8-4-7-16(13-17)22(27)28-21-14-20(15-5-2-1-3-6-15)25-26(21)19-11-9-18(24)10-12-19/h1-14H. The molecule has 0 bridgehead atoms. The Morgan fingerprint density at radius 1 is 0.929 bits per heavy atom. The molecule has 138 valence electrons. The largest absolute Gasteiger partial charge is 0.404 e. The zero-order valence-electron chi connectivity index (χ0n) is 14.5. The highest BCUT2D eigenvalue weighted by Gasteiger charge is 2.17. The predicted molar refractivity (Wildman–Crippen MR) is 105 cm³/mol. The number of benzene rings is 3. The van der Waals surface area contributed by atoms with Gasteiger partial charge in [0.2, 0.25) is 5.88 Å². The van der Waals surface area contributed by atoms with E-state index >= 15 is 0 Å². The van der Waals surface area contributed by atoms with Gasteiger partial charge in [0.25, 0.3) is 0 Å². The normalized spacial score (nSPS) is 10.6. The predicted octanol–water partition coefficient (Wildman–Crippen LogP) is 5.55. The van der Waals surface area contributed by atoms with Crippen LogP contribution in [-0.4, -0.2) is 15.7 Å². The molecule has 0 amide bonds. The summed E-state index contributed by atoms with van der Waals surface area (Å²) in [4.78, 5) is 12.6. The molecule has 1 aromatic heterocycles. The van der Waals surface area contributed by atoms with Crippen molar-refractivity contribution in [3.05, 3.63) is 101 Å². The van der Waals surface area contributed by atoms with Crippen LogP contribution in [0.5, 0.6) is 5.88 Å². The summed E-state index contributed by atoms with van der Waals surface area (Å²) in [6.07, 6.45) is 0. The topological polar surface area (TPSA) is 44.1 Å². The molecule has 1 heterocycles. The number of esters is 1. The molecule has 0 unspecified atom stereocenters. The Kier molecular flexibility index (Phi) is 4.91. The molecule has 0 aliphatic heterocycles. The Morgan fingerprint density at radius 3 is 2.39 bits per heavy atom. The molecule has 28 heavy (non-hydrogen) atoms. The SMILES string of the molecule is O=C(Oc1cc(-c2ccccc2)nn1-c1ccc(F)cc1)c1cccc(Cl)c1. The van der Waals surface area contributed by atoms with Crippen molar-refractivity contribution in [3.8, 4) is 22.8 Å². The van der Waals surface area contributed by atoms with Gasteiger partial charge in [0, 0.05) is 16.7 Å². The van der Waals surface area contributed by atoms with Gasteiger partial charge in [0.05, 0.1) is 16.9 Å². The van der Waals surface area contributed by atoms with Crippen molar-refractivity contribution < 1.29 is 13.9 Å². The number of rotatable bonds is 4. The lowest BCUT2D eigenvalue weighted by atomic mass is 10.2. The second-order valence-electron chi connectivity index (χ2n) is 6.02. The number of carbonyl (C=O) groups is 1. The van der Waals surface area contributed by atoms with Crippen molar-refractivity contribution in [1.82, 2.24) is 9.78 Å². The average Bonchev–Trinajstić information content (AvgIpc) is 3.13. The number of carbonyl (C=O) groups excluding carboxylic acids is 1. The van der Waals surface area contributed by atoms with E-state index in [4.69, 9.17) is 16.3 Å². The fourth-order valence-corrected chi connectivity index (χ4v) is 2.91. The summed E-state index contributed by atoms with van der Waals surface area (Å²) in [6, 6.07) is 23.4. The van der Waals surface area contributed by atoms with Crippen LogP contribution in [0.2, 0.25) is 5.02 Å². The van der Waals surface area contributed by atoms with E-state index in [2.05, 4.69) is 5.10 Å². The number of halogens is 2. The molecule has 0 spiro atoms. The number of ether oxygens (including phenoxy) is 1. The summed E-state index contributed by atoms with van der Waals surface area (Å²) in [5.74, 6) is -0.711. The summed E-state index contributed by atoms with van der Waals surface area (Å²) in [5, 5.41) is 4.97. The molecule has 4 aromatic rings. The molecule has 0 saturated carbocycles. The molecule has 4 nitrogen and oxygen atoms in total. The smallest absolute Gasteiger partial charge is 0.344 e. The van der Waals surface area contributed by atoms with Crippen LogP contribution < -0.4 is 4.74 Å². The second kappa shape index (κ2) is 7.66. The van der Waals surface area contributed by atoms with Crippen LogP contribution in [0, 0.1) is 5.82 Å². The molecule has 0 aliphatic rings. The molecule has 3 aromatic carbocycles. The van der Waals surface area contributed by atoms with E-state index in [-0.39, 0.29) is 11.7 Å². The Bertz CT molecular complexity index is 1130. The van der Waals surface area contributed by atoms with Crippen molar-refractivity contribution in [2.45, 2.75) is 0 Å². The zero-order valence-corrected chi connectivity index (χ0v) is 15.3. The number of aromatic nitrogens is 2. The fraction of sp³-hybridized carbons (Fsp3) is 0. The Morgan fingerprint density at radius 2 is 1.68 bits per heavy atom. The van der Waals surface area contributed by atoms with Gasteiger partial charge in [-0.15, -0.1) is 0 Å². The van der Waals surface area contributed by atoms with E-state index in [9.17, 15) is 9.18 Å². The number of hydrogen-bond donors (Lipinski definition) is 0. The highest BCUT2D eigenvalue weighted by molar-refractivity contribution is 6.30. The third kappa shape index (κ3) is 3.80. The first-order chi connectivity index (χ1) is 13.6. The van der Waals surface area contributed by atoms with E-state index in [1.807, 2.05) is 30.3 Å². The van der Waals surface area contributed by atoms with Crippen LogP contribution in [0.25, 0.3) is 16.9 Å². The van der Waals surface area contributed by atoms with Gasteiger partial charge in [-0.2, -0.15) is 5.10 Å². The van der Waals surface area contributed by atoms with Crippen LogP contribution in [0.4, 0.5) is 4.39 Å². The third-order valence-corrected chi connectivity index (χ3v) is 4.31. The summed E-state index contributed by atoms with van der Waals surface area (Å²) >= 11 is 5.96. The molecule has 0 saturated heterocycles. The molecule has 0 aliphatic carbocycles. The average molecular weight is 393 g/mol. The number of hydrogen-bond acceptors (Lipinski definition) is 3. The van der Waals surface area contributed by atoms with Gasteiger partial charge in [-0.1, -0.05) is 48.0 Å². The molecule has 6 heteroatoms. The van der Waals surface area contributed by atoms with E-state index in [0.717, 1.165) is 5.56 Å². The lowest BCUT2D eigenvalue weighted by Gasteiger charge is -2.08. The summed E-state index contributed by atoms with van der Waals surface area (Å²) in [5.41, 5.74) is 2.38. The van der Waals surface area contributed by atoms with Crippen LogP contribution in [-0.2, 0) is 0 Å². The minimum atomic E-state index is -0.564. The van der Waals surface area contributed by atoms with Gasteiger partial charge in [-0.05, 0) is 42.5 Å². The highest BCUT2D eigenvalue weighted by Crippen LogP contribution is 2.27. The first-order valence-electron chi connectivity index (χ1n) is 8.49. The van der Waals surface area contributed by atoms with Gasteiger partial charge >= 0.3 is 5.97 Å². The van der Waals surface area contributed by atoms with Crippen molar-refractivity contribution in [3.63, 3.8) is 0 Å². The van der Waals surface area contributed by atoms with Crippen LogP contribution in [0.15, 0.2) is 84.9 Å². The monoisotopic (exact) mass is 392 g/mol. The van der Waals surface area contributed by atoms with Gasteiger partial charge in [-0.25, -0.2) is 13.9 Å². The van der Waals surface area contributed by atoms with Crippen LogP contribution >= 0.6 is 11.6 Å². The van der Waals surface area contributed by atoms with Gasteiger partial charge in [0.1, 0.15) is 5.82 Å². The molecule has 0 N–H and O–H groups in total. The van der Waals surface area contributed by atoms with Gasteiger partial charge in [-0.3, -0.25) is 0 Å². The van der Waals surface area contributed by atoms with E-state index in [0.29, 0.717) is 22.0 Å². The number of nitrogens with zero attached hydrogens (tertiary/aromatic N) is 2. The van der Waals surface area contributed by atoms with Crippen molar-refractivity contribution >= 4 is 17.6 Å². The molecular formula is C22H14ClFN2O2. The van der Waals surface area contributed by atoms with Crippen molar-refractivity contribution in [1.29, 1.82) is 0 Å². The maximum Gasteiger partial charge on any atom is 0.344 e. The third-order valence-electron chi connectivity index (χ3n) is 4.08. The summed E-state index contributed by atoms with van der Waals surface area (Å²) < 4.78 is 20.4. The second-order valence-corrected chi connectivity index (χ2v) is 6.46. The van der Waals surface area contributed by atoms with Crippen molar-refractivity contribution in [2.24, 2.45) is 0 Å². The maximum absolute atomic E-state index is 13.3. The molecule has 0 fully saturated rings. The quantitative estimate of drug-likeness (QED) is 0.427. The Labute approximate surface area is 165 Å². The zero-order chi connectivity index (χ0) is 19.5. The lowest BCUT2D eigenvalue weighted by Crippen LogP contribution is -2.11.